The lowest BCUT2D eigenvalue weighted by molar-refractivity contribution is -0.149. The summed E-state index contributed by atoms with van der Waals surface area (Å²) in [6, 6.07) is 15.1. The minimum absolute atomic E-state index is 0.0116. The molecule has 11 nitrogen and oxygen atoms in total. The minimum atomic E-state index is -5.81. The molecule has 3 saturated heterocycles. The summed E-state index contributed by atoms with van der Waals surface area (Å²) in [6.45, 7) is 2.21. The first-order valence-corrected chi connectivity index (χ1v) is 18.1. The van der Waals surface area contributed by atoms with Gasteiger partial charge in [0.05, 0.1) is 0 Å². The predicted molar refractivity (Wildman–Crippen MR) is 177 cm³/mol. The highest BCUT2D eigenvalue weighted by molar-refractivity contribution is 7.52. The topological polar surface area (TPSA) is 148 Å². The SMILES string of the molecule is CC(=O)N1CC[C@H]2CC[C@@H](C(=O)N3CCC[C@H]3Cc3ccccc3)N2C(=O)C(NC(=O)c2ccc3ccc(C(F)(F)P(=O)(O)O)cc3c2)C1. The molecule has 4 amide bonds. The van der Waals surface area contributed by atoms with Gasteiger partial charge in [-0.3, -0.25) is 23.7 Å². The lowest BCUT2D eigenvalue weighted by Crippen LogP contribution is -2.61. The van der Waals surface area contributed by atoms with Crippen molar-refractivity contribution in [2.24, 2.45) is 0 Å². The highest BCUT2D eigenvalue weighted by Crippen LogP contribution is 2.59. The van der Waals surface area contributed by atoms with Crippen molar-refractivity contribution >= 4 is 42.0 Å². The minimum Gasteiger partial charge on any atom is -0.340 e. The molecule has 3 aliphatic heterocycles. The van der Waals surface area contributed by atoms with E-state index in [9.17, 15) is 42.3 Å². The molecule has 1 unspecified atom stereocenters. The Balaban J connectivity index is 1.25. The first kappa shape index (κ1) is 34.7. The number of nitrogens with one attached hydrogen (secondary N) is 1. The molecule has 49 heavy (non-hydrogen) atoms. The largest absolute Gasteiger partial charge is 0.399 e. The van der Waals surface area contributed by atoms with E-state index in [1.807, 2.05) is 35.2 Å². The zero-order chi connectivity index (χ0) is 35.1. The van der Waals surface area contributed by atoms with E-state index < -0.39 is 42.7 Å². The Morgan fingerprint density at radius 3 is 2.39 bits per heavy atom. The van der Waals surface area contributed by atoms with Crippen molar-refractivity contribution in [3.05, 3.63) is 83.4 Å². The third-order valence-electron chi connectivity index (χ3n) is 10.0. The summed E-state index contributed by atoms with van der Waals surface area (Å²) in [5.41, 5.74) is -4.19. The summed E-state index contributed by atoms with van der Waals surface area (Å²) in [5, 5.41) is 3.31. The molecular weight excluding hydrogens is 657 g/mol. The molecule has 3 fully saturated rings. The van der Waals surface area contributed by atoms with E-state index in [-0.39, 0.29) is 41.4 Å². The van der Waals surface area contributed by atoms with E-state index in [1.165, 1.54) is 36.1 Å². The molecule has 3 aromatic rings. The van der Waals surface area contributed by atoms with Crippen LogP contribution < -0.4 is 5.32 Å². The Morgan fingerprint density at radius 2 is 1.67 bits per heavy atom. The molecule has 6 rings (SSSR count). The van der Waals surface area contributed by atoms with Gasteiger partial charge in [0.15, 0.2) is 0 Å². The van der Waals surface area contributed by atoms with Crippen LogP contribution in [0.5, 0.6) is 0 Å². The van der Waals surface area contributed by atoms with Crippen LogP contribution >= 0.6 is 7.60 Å². The van der Waals surface area contributed by atoms with Crippen molar-refractivity contribution in [3.8, 4) is 0 Å². The van der Waals surface area contributed by atoms with Gasteiger partial charge in [-0.2, -0.15) is 8.78 Å². The van der Waals surface area contributed by atoms with Gasteiger partial charge in [0.25, 0.3) is 5.91 Å². The van der Waals surface area contributed by atoms with Gasteiger partial charge in [-0.05, 0) is 73.1 Å². The summed E-state index contributed by atoms with van der Waals surface area (Å²) in [4.78, 5) is 78.0. The molecule has 3 aromatic carbocycles. The van der Waals surface area contributed by atoms with Crippen LogP contribution in [0.25, 0.3) is 10.8 Å². The smallest absolute Gasteiger partial charge is 0.340 e. The predicted octanol–water partition coefficient (Wildman–Crippen LogP) is 4.01. The fraction of sp³-hybridized carbons (Fsp3) is 0.429. The monoisotopic (exact) mass is 696 g/mol. The number of carbonyl (C=O) groups excluding carboxylic acids is 4. The molecule has 4 atom stereocenters. The molecule has 0 bridgehead atoms. The summed E-state index contributed by atoms with van der Waals surface area (Å²) >= 11 is 0. The second-order valence-electron chi connectivity index (χ2n) is 13.2. The van der Waals surface area contributed by atoms with Gasteiger partial charge in [-0.15, -0.1) is 0 Å². The molecule has 260 valence electrons. The van der Waals surface area contributed by atoms with Gasteiger partial charge in [0, 0.05) is 49.8 Å². The number of fused-ring (bicyclic) bond motifs is 2. The Bertz CT molecular complexity index is 1820. The lowest BCUT2D eigenvalue weighted by atomic mass is 10.0. The van der Waals surface area contributed by atoms with Crippen LogP contribution in [0.1, 0.15) is 60.5 Å². The fourth-order valence-electron chi connectivity index (χ4n) is 7.41. The maximum atomic E-state index is 14.4. The number of amides is 4. The maximum absolute atomic E-state index is 14.4. The molecule has 3 heterocycles. The summed E-state index contributed by atoms with van der Waals surface area (Å²) in [5.74, 6) is -1.56. The highest BCUT2D eigenvalue weighted by atomic mass is 31.2. The number of nitrogens with zero attached hydrogens (tertiary/aromatic N) is 3. The van der Waals surface area contributed by atoms with Gasteiger partial charge < -0.3 is 29.8 Å². The second kappa shape index (κ2) is 13.6. The molecule has 0 radical (unpaired) electrons. The average molecular weight is 697 g/mol. The number of benzene rings is 3. The Kier molecular flexibility index (Phi) is 9.63. The molecule has 3 N–H and O–H groups in total. The number of rotatable bonds is 7. The van der Waals surface area contributed by atoms with Crippen molar-refractivity contribution in [3.63, 3.8) is 0 Å². The quantitative estimate of drug-likeness (QED) is 0.317. The van der Waals surface area contributed by atoms with Crippen molar-refractivity contribution in [1.29, 1.82) is 0 Å². The molecule has 14 heteroatoms. The standard InChI is InChI=1S/C35H39F2N4O7P/c1-22(42)39-17-15-28-13-14-31(34(45)40-16-5-8-29(40)18-23-6-3-2-4-7-23)41(28)33(44)30(21-39)38-32(43)25-10-9-24-11-12-27(20-26(24)19-25)35(36,37)49(46,47)48/h2-4,6-7,9-12,19-20,28-31H,5,8,13-18,21H2,1H3,(H,38,43)(H2,46,47,48)/t28-,29+,30?,31+/m1/s1. The fourth-order valence-corrected chi connectivity index (χ4v) is 7.89. The average Bonchev–Trinajstić information content (AvgIpc) is 3.71. The number of hydrogen-bond donors (Lipinski definition) is 3. The highest BCUT2D eigenvalue weighted by Gasteiger charge is 2.50. The van der Waals surface area contributed by atoms with E-state index in [0.717, 1.165) is 30.5 Å². The van der Waals surface area contributed by atoms with Crippen molar-refractivity contribution in [2.75, 3.05) is 19.6 Å². The Labute approximate surface area is 282 Å². The molecule has 3 aliphatic rings. The number of likely N-dealkylation sites (tertiary alicyclic amines) is 1. The summed E-state index contributed by atoms with van der Waals surface area (Å²) in [7, 11) is -5.81. The van der Waals surface area contributed by atoms with Crippen LogP contribution in [-0.4, -0.2) is 91.9 Å². The Morgan fingerprint density at radius 1 is 0.939 bits per heavy atom. The van der Waals surface area contributed by atoms with E-state index in [0.29, 0.717) is 44.2 Å². The molecule has 0 aromatic heterocycles. The van der Waals surface area contributed by atoms with Crippen molar-refractivity contribution in [2.45, 2.75) is 75.3 Å². The zero-order valence-corrected chi connectivity index (χ0v) is 27.9. The van der Waals surface area contributed by atoms with E-state index >= 15 is 0 Å². The summed E-state index contributed by atoms with van der Waals surface area (Å²) in [6.07, 6.45) is 3.99. The van der Waals surface area contributed by atoms with E-state index in [1.54, 1.807) is 4.90 Å². The molecule has 0 saturated carbocycles. The third-order valence-corrected chi connectivity index (χ3v) is 11.0. The van der Waals surface area contributed by atoms with Crippen LogP contribution in [0.15, 0.2) is 66.7 Å². The van der Waals surface area contributed by atoms with E-state index in [2.05, 4.69) is 5.32 Å². The summed E-state index contributed by atoms with van der Waals surface area (Å²) < 4.78 is 40.3. The first-order chi connectivity index (χ1) is 23.2. The molecular formula is C35H39F2N4O7P. The van der Waals surface area contributed by atoms with Gasteiger partial charge in [-0.25, -0.2) is 0 Å². The number of alkyl halides is 2. The van der Waals surface area contributed by atoms with Crippen LogP contribution in [0.2, 0.25) is 0 Å². The van der Waals surface area contributed by atoms with Crippen LogP contribution in [0.4, 0.5) is 8.78 Å². The third kappa shape index (κ3) is 6.97. The van der Waals surface area contributed by atoms with Crippen LogP contribution in [0, 0.1) is 0 Å². The first-order valence-electron chi connectivity index (χ1n) is 16.5. The normalized spacial score (nSPS) is 23.3. The van der Waals surface area contributed by atoms with Gasteiger partial charge in [0.2, 0.25) is 17.7 Å². The molecule has 0 spiro atoms. The van der Waals surface area contributed by atoms with Crippen LogP contribution in [0.3, 0.4) is 0 Å². The lowest BCUT2D eigenvalue weighted by Gasteiger charge is -2.39. The van der Waals surface area contributed by atoms with Gasteiger partial charge >= 0.3 is 13.3 Å². The van der Waals surface area contributed by atoms with Crippen molar-refractivity contribution in [1.82, 2.24) is 20.0 Å². The van der Waals surface area contributed by atoms with Gasteiger partial charge in [-0.1, -0.05) is 48.5 Å². The van der Waals surface area contributed by atoms with Crippen molar-refractivity contribution < 1.29 is 42.3 Å². The zero-order valence-electron chi connectivity index (χ0n) is 27.0. The van der Waals surface area contributed by atoms with Gasteiger partial charge in [0.1, 0.15) is 12.1 Å². The second-order valence-corrected chi connectivity index (χ2v) is 14.8. The number of hydrogen-bond acceptors (Lipinski definition) is 5. The Hall–Kier alpha value is -4.19. The van der Waals surface area contributed by atoms with E-state index in [4.69, 9.17) is 0 Å². The number of halogens is 2. The van der Waals surface area contributed by atoms with Crippen LogP contribution in [-0.2, 0) is 31.0 Å². The molecule has 0 aliphatic carbocycles. The number of carbonyl (C=O) groups is 4. The maximum Gasteiger partial charge on any atom is 0.399 e.